The molecule has 0 atom stereocenters. The molecule has 0 spiro atoms. The Hall–Kier alpha value is -2.53. The molecule has 0 unspecified atom stereocenters. The van der Waals surface area contributed by atoms with E-state index in [0.29, 0.717) is 10.1 Å². The van der Waals surface area contributed by atoms with E-state index in [4.69, 9.17) is 0 Å². The summed E-state index contributed by atoms with van der Waals surface area (Å²) in [5.41, 5.74) is 4.43. The van der Waals surface area contributed by atoms with Crippen molar-refractivity contribution < 1.29 is 4.79 Å². The van der Waals surface area contributed by atoms with Crippen molar-refractivity contribution in [3.8, 4) is 0 Å². The Morgan fingerprint density at radius 1 is 1.04 bits per heavy atom. The number of hydrogen-bond donors (Lipinski definition) is 1. The number of aliphatic imine (C=N–C) groups is 1. The van der Waals surface area contributed by atoms with Crippen LogP contribution in [0.25, 0.3) is 6.08 Å². The zero-order valence-electron chi connectivity index (χ0n) is 16.1. The molecule has 0 aliphatic carbocycles. The summed E-state index contributed by atoms with van der Waals surface area (Å²) in [6.45, 7) is 4.40. The van der Waals surface area contributed by atoms with Gasteiger partial charge in [0.05, 0.1) is 10.6 Å². The molecule has 2 fully saturated rings. The van der Waals surface area contributed by atoms with Crippen LogP contribution in [-0.2, 0) is 11.2 Å². The molecule has 144 valence electrons. The first-order valence-corrected chi connectivity index (χ1v) is 10.8. The van der Waals surface area contributed by atoms with Gasteiger partial charge in [0, 0.05) is 18.8 Å². The molecule has 0 aromatic heterocycles. The van der Waals surface area contributed by atoms with Gasteiger partial charge in [0.15, 0.2) is 5.17 Å². The Balaban J connectivity index is 1.45. The Bertz CT molecular complexity index is 894. The lowest BCUT2D eigenvalue weighted by atomic mass is 10.1. The minimum atomic E-state index is -0.0889. The molecule has 2 aliphatic rings. The zero-order valence-corrected chi connectivity index (χ0v) is 17.0. The van der Waals surface area contributed by atoms with E-state index in [2.05, 4.69) is 58.5 Å². The molecule has 0 saturated carbocycles. The number of aryl methyl sites for hydroxylation is 1. The van der Waals surface area contributed by atoms with Gasteiger partial charge < -0.3 is 10.2 Å². The van der Waals surface area contributed by atoms with Gasteiger partial charge in [-0.05, 0) is 78.9 Å². The Morgan fingerprint density at radius 3 is 2.43 bits per heavy atom. The minimum absolute atomic E-state index is 0.0889. The number of carbonyl (C=O) groups excluding carboxylic acids is 1. The lowest BCUT2D eigenvalue weighted by Crippen LogP contribution is -2.29. The van der Waals surface area contributed by atoms with Crippen LogP contribution in [0.4, 0.5) is 11.4 Å². The topological polar surface area (TPSA) is 44.7 Å². The summed E-state index contributed by atoms with van der Waals surface area (Å²) < 4.78 is 0. The molecule has 28 heavy (non-hydrogen) atoms. The first-order chi connectivity index (χ1) is 13.7. The van der Waals surface area contributed by atoms with E-state index in [9.17, 15) is 4.79 Å². The smallest absolute Gasteiger partial charge is 0.264 e. The fraction of sp³-hybridized carbons (Fsp3) is 0.304. The molecule has 2 aliphatic heterocycles. The van der Waals surface area contributed by atoms with E-state index >= 15 is 0 Å². The molecule has 5 heteroatoms. The molecule has 0 bridgehead atoms. The van der Waals surface area contributed by atoms with Crippen LogP contribution < -0.4 is 10.2 Å². The Labute approximate surface area is 170 Å². The van der Waals surface area contributed by atoms with Crippen LogP contribution in [0.3, 0.4) is 0 Å². The van der Waals surface area contributed by atoms with Crippen molar-refractivity contribution in [3.05, 3.63) is 64.6 Å². The lowest BCUT2D eigenvalue weighted by molar-refractivity contribution is -0.115. The van der Waals surface area contributed by atoms with Gasteiger partial charge >= 0.3 is 0 Å². The van der Waals surface area contributed by atoms with Gasteiger partial charge in [0.1, 0.15) is 0 Å². The fourth-order valence-corrected chi connectivity index (χ4v) is 4.33. The van der Waals surface area contributed by atoms with Crippen molar-refractivity contribution >= 4 is 40.3 Å². The number of carbonyl (C=O) groups is 1. The summed E-state index contributed by atoms with van der Waals surface area (Å²) in [6.07, 6.45) is 6.81. The zero-order chi connectivity index (χ0) is 19.3. The SMILES string of the molecule is CCc1ccc(N=C2NC(=O)/C(=C/c3ccc(N4CCCCC4)cc3)S2)cc1. The number of nitrogens with zero attached hydrogens (tertiary/aromatic N) is 2. The third-order valence-corrected chi connectivity index (χ3v) is 6.05. The fourth-order valence-electron chi connectivity index (χ4n) is 3.49. The van der Waals surface area contributed by atoms with E-state index in [1.54, 1.807) is 0 Å². The first kappa shape index (κ1) is 18.8. The van der Waals surface area contributed by atoms with Crippen LogP contribution in [0.1, 0.15) is 37.3 Å². The monoisotopic (exact) mass is 391 g/mol. The molecule has 1 amide bonds. The molecular weight excluding hydrogens is 366 g/mol. The number of anilines is 1. The van der Waals surface area contributed by atoms with Crippen LogP contribution in [0.2, 0.25) is 0 Å². The highest BCUT2D eigenvalue weighted by Crippen LogP contribution is 2.29. The highest BCUT2D eigenvalue weighted by atomic mass is 32.2. The maximum atomic E-state index is 12.3. The first-order valence-electron chi connectivity index (χ1n) is 9.95. The number of hydrogen-bond acceptors (Lipinski definition) is 4. The molecule has 2 aromatic carbocycles. The van der Waals surface area contributed by atoms with Gasteiger partial charge in [-0.3, -0.25) is 4.79 Å². The number of benzene rings is 2. The normalized spacial score (nSPS) is 20.0. The minimum Gasteiger partial charge on any atom is -0.372 e. The van der Waals surface area contributed by atoms with Crippen LogP contribution in [-0.4, -0.2) is 24.2 Å². The standard InChI is InChI=1S/C23H25N3OS/c1-2-17-6-10-19(11-7-17)24-23-25-22(27)21(28-23)16-18-8-12-20(13-9-18)26-14-4-3-5-15-26/h6-13,16H,2-5,14-15H2,1H3,(H,24,25,27)/b21-16-. The summed E-state index contributed by atoms with van der Waals surface area (Å²) in [6, 6.07) is 16.6. The molecule has 4 rings (SSSR count). The summed E-state index contributed by atoms with van der Waals surface area (Å²) in [5.74, 6) is -0.0889. The van der Waals surface area contributed by atoms with E-state index in [1.807, 2.05) is 18.2 Å². The number of nitrogens with one attached hydrogen (secondary N) is 1. The van der Waals surface area contributed by atoms with Crippen LogP contribution in [0.5, 0.6) is 0 Å². The van der Waals surface area contributed by atoms with Gasteiger partial charge in [0.2, 0.25) is 0 Å². The third kappa shape index (κ3) is 4.47. The van der Waals surface area contributed by atoms with Gasteiger partial charge in [-0.25, -0.2) is 4.99 Å². The van der Waals surface area contributed by atoms with E-state index in [-0.39, 0.29) is 5.91 Å². The summed E-state index contributed by atoms with van der Waals surface area (Å²) in [4.78, 5) is 20.0. The molecule has 2 aromatic rings. The van der Waals surface area contributed by atoms with E-state index in [1.165, 1.54) is 42.3 Å². The number of thioether (sulfide) groups is 1. The maximum Gasteiger partial charge on any atom is 0.264 e. The van der Waals surface area contributed by atoms with Crippen molar-refractivity contribution in [2.45, 2.75) is 32.6 Å². The van der Waals surface area contributed by atoms with Crippen molar-refractivity contribution in [2.75, 3.05) is 18.0 Å². The third-order valence-electron chi connectivity index (χ3n) is 5.14. The highest BCUT2D eigenvalue weighted by Gasteiger charge is 2.23. The van der Waals surface area contributed by atoms with E-state index < -0.39 is 0 Å². The number of piperidine rings is 1. The maximum absolute atomic E-state index is 12.3. The summed E-state index contributed by atoms with van der Waals surface area (Å²) >= 11 is 1.39. The average molecular weight is 392 g/mol. The second kappa shape index (κ2) is 8.65. The van der Waals surface area contributed by atoms with Gasteiger partial charge in [0.25, 0.3) is 5.91 Å². The molecule has 0 radical (unpaired) electrons. The quantitative estimate of drug-likeness (QED) is 0.735. The molecule has 1 N–H and O–H groups in total. The lowest BCUT2D eigenvalue weighted by Gasteiger charge is -2.28. The van der Waals surface area contributed by atoms with Crippen molar-refractivity contribution in [1.29, 1.82) is 0 Å². The Morgan fingerprint density at radius 2 is 1.75 bits per heavy atom. The van der Waals surface area contributed by atoms with Crippen molar-refractivity contribution in [3.63, 3.8) is 0 Å². The summed E-state index contributed by atoms with van der Waals surface area (Å²) in [5, 5.41) is 3.49. The second-order valence-electron chi connectivity index (χ2n) is 7.14. The highest BCUT2D eigenvalue weighted by molar-refractivity contribution is 8.18. The van der Waals surface area contributed by atoms with Gasteiger partial charge in [-0.2, -0.15) is 0 Å². The van der Waals surface area contributed by atoms with Crippen LogP contribution >= 0.6 is 11.8 Å². The van der Waals surface area contributed by atoms with Crippen molar-refractivity contribution in [1.82, 2.24) is 5.32 Å². The van der Waals surface area contributed by atoms with E-state index in [0.717, 1.165) is 30.8 Å². The largest absolute Gasteiger partial charge is 0.372 e. The number of amides is 1. The number of rotatable bonds is 4. The molecule has 2 heterocycles. The predicted octanol–water partition coefficient (Wildman–Crippen LogP) is 5.13. The molecule has 4 nitrogen and oxygen atoms in total. The number of amidine groups is 1. The second-order valence-corrected chi connectivity index (χ2v) is 8.17. The summed E-state index contributed by atoms with van der Waals surface area (Å²) in [7, 11) is 0. The molecule has 2 saturated heterocycles. The average Bonchev–Trinajstić information content (AvgIpc) is 3.08. The van der Waals surface area contributed by atoms with Gasteiger partial charge in [-0.15, -0.1) is 0 Å². The van der Waals surface area contributed by atoms with Crippen LogP contribution in [0.15, 0.2) is 58.4 Å². The van der Waals surface area contributed by atoms with Crippen LogP contribution in [0, 0.1) is 0 Å². The molecular formula is C23H25N3OS. The predicted molar refractivity (Wildman–Crippen MR) is 119 cm³/mol. The van der Waals surface area contributed by atoms with Gasteiger partial charge in [-0.1, -0.05) is 31.2 Å². The van der Waals surface area contributed by atoms with Crippen molar-refractivity contribution in [2.24, 2.45) is 4.99 Å². The Kier molecular flexibility index (Phi) is 5.81.